The van der Waals surface area contributed by atoms with E-state index >= 15 is 0 Å². The van der Waals surface area contributed by atoms with E-state index < -0.39 is 41.3 Å². The zero-order valence-electron chi connectivity index (χ0n) is 25.8. The van der Waals surface area contributed by atoms with Crippen LogP contribution in [0.3, 0.4) is 0 Å². The number of morpholine rings is 1. The molecule has 0 radical (unpaired) electrons. The molecule has 3 aromatic rings. The molecule has 5 rings (SSSR count). The summed E-state index contributed by atoms with van der Waals surface area (Å²) in [5, 5.41) is 11.6. The number of halogens is 6. The fourth-order valence-electron chi connectivity index (χ4n) is 4.95. The molecule has 9 nitrogen and oxygen atoms in total. The number of anilines is 1. The van der Waals surface area contributed by atoms with Gasteiger partial charge in [-0.1, -0.05) is 30.0 Å². The van der Waals surface area contributed by atoms with Crippen molar-refractivity contribution in [2.75, 3.05) is 44.9 Å². The Balaban J connectivity index is 1.40. The normalized spacial score (nSPS) is 16.6. The largest absolute Gasteiger partial charge is 0.478 e. The third-order valence-corrected chi connectivity index (χ3v) is 8.95. The number of hydrogen-bond acceptors (Lipinski definition) is 8. The molecule has 0 aliphatic carbocycles. The number of thioether (sulfide) groups is 1. The second kappa shape index (κ2) is 15.2. The maximum atomic E-state index is 13.6. The molecule has 50 heavy (non-hydrogen) atoms. The quantitative estimate of drug-likeness (QED) is 0.129. The topological polar surface area (TPSA) is 108 Å². The summed E-state index contributed by atoms with van der Waals surface area (Å²) < 4.78 is 93.1. The number of hydrogen-bond donors (Lipinski definition) is 2. The van der Waals surface area contributed by atoms with Crippen LogP contribution in [0.25, 0.3) is 17.2 Å². The predicted octanol–water partition coefficient (Wildman–Crippen LogP) is 6.99. The van der Waals surface area contributed by atoms with Crippen LogP contribution in [0, 0.1) is 0 Å². The molecule has 0 aromatic heterocycles. The van der Waals surface area contributed by atoms with Crippen molar-refractivity contribution in [1.82, 2.24) is 9.80 Å². The summed E-state index contributed by atoms with van der Waals surface area (Å²) in [6.07, 6.45) is -8.87. The number of alkyl halides is 6. The van der Waals surface area contributed by atoms with E-state index in [4.69, 9.17) is 26.8 Å². The molecule has 0 unspecified atom stereocenters. The van der Waals surface area contributed by atoms with Crippen LogP contribution >= 0.6 is 24.0 Å². The van der Waals surface area contributed by atoms with Gasteiger partial charge in [0.15, 0.2) is 0 Å². The number of carboxylic acids is 1. The van der Waals surface area contributed by atoms with Crippen LogP contribution in [0.2, 0.25) is 0 Å². The fourth-order valence-corrected chi connectivity index (χ4v) is 6.25. The first-order chi connectivity index (χ1) is 23.6. The average molecular weight is 740 g/mol. The van der Waals surface area contributed by atoms with E-state index in [0.29, 0.717) is 44.1 Å². The molecule has 2 amide bonds. The van der Waals surface area contributed by atoms with E-state index in [1.54, 1.807) is 0 Å². The third-order valence-electron chi connectivity index (χ3n) is 7.58. The first-order valence-corrected chi connectivity index (χ1v) is 16.1. The van der Waals surface area contributed by atoms with Gasteiger partial charge in [-0.05, 0) is 71.8 Å². The van der Waals surface area contributed by atoms with E-state index in [2.05, 4.69) is 5.32 Å². The molecule has 0 atom stereocenters. The summed E-state index contributed by atoms with van der Waals surface area (Å²) in [5.41, 5.74) is -2.71. The maximum Gasteiger partial charge on any atom is 0.416 e. The van der Waals surface area contributed by atoms with Crippen LogP contribution in [-0.2, 0) is 26.7 Å². The fraction of sp³-hybridized carbons (Fsp3) is 0.273. The van der Waals surface area contributed by atoms with Gasteiger partial charge >= 0.3 is 18.3 Å². The van der Waals surface area contributed by atoms with Gasteiger partial charge < -0.3 is 19.9 Å². The average Bonchev–Trinajstić information content (AvgIpc) is 3.33. The lowest BCUT2D eigenvalue weighted by Gasteiger charge is -2.26. The minimum absolute atomic E-state index is 0.00936. The lowest BCUT2D eigenvalue weighted by atomic mass is 9.97. The van der Waals surface area contributed by atoms with Gasteiger partial charge in [0.25, 0.3) is 5.91 Å². The van der Waals surface area contributed by atoms with E-state index in [-0.39, 0.29) is 63.0 Å². The zero-order valence-corrected chi connectivity index (χ0v) is 27.4. The Kier molecular flexibility index (Phi) is 11.2. The molecular formula is C33H27F6N3O6S2. The summed E-state index contributed by atoms with van der Waals surface area (Å²) in [6.45, 7) is 2.08. The van der Waals surface area contributed by atoms with Gasteiger partial charge in [-0.3, -0.25) is 19.4 Å². The summed E-state index contributed by atoms with van der Waals surface area (Å²) in [7, 11) is 0. The first-order valence-electron chi connectivity index (χ1n) is 14.8. The number of amides is 2. The van der Waals surface area contributed by atoms with E-state index in [9.17, 15) is 40.7 Å². The smallest absolute Gasteiger partial charge is 0.416 e. The Morgan fingerprint density at radius 1 is 0.940 bits per heavy atom. The number of benzene rings is 3. The van der Waals surface area contributed by atoms with Crippen molar-refractivity contribution in [3.63, 3.8) is 0 Å². The zero-order chi connectivity index (χ0) is 36.2. The van der Waals surface area contributed by atoms with E-state index in [1.807, 2.05) is 4.90 Å². The van der Waals surface area contributed by atoms with Gasteiger partial charge in [-0.2, -0.15) is 26.3 Å². The molecule has 264 valence electrons. The molecule has 17 heteroatoms. The van der Waals surface area contributed by atoms with Gasteiger partial charge in [0, 0.05) is 37.3 Å². The minimum Gasteiger partial charge on any atom is -0.478 e. The number of carboxylic acid groups (broad SMARTS) is 1. The van der Waals surface area contributed by atoms with Crippen molar-refractivity contribution in [2.45, 2.75) is 18.8 Å². The molecule has 2 saturated heterocycles. The summed E-state index contributed by atoms with van der Waals surface area (Å²) >= 11 is 6.28. The number of ether oxygens (including phenoxy) is 2. The number of rotatable bonds is 10. The van der Waals surface area contributed by atoms with Crippen molar-refractivity contribution >= 4 is 57.8 Å². The number of nitrogens with zero attached hydrogens (tertiary/aromatic N) is 2. The van der Waals surface area contributed by atoms with Crippen LogP contribution in [0.5, 0.6) is 5.75 Å². The van der Waals surface area contributed by atoms with Crippen LogP contribution < -0.4 is 10.1 Å². The Bertz CT molecular complexity index is 1790. The Hall–Kier alpha value is -4.45. The molecule has 2 fully saturated rings. The number of thiocarbonyl (C=S) groups is 1. The second-order valence-corrected chi connectivity index (χ2v) is 12.7. The van der Waals surface area contributed by atoms with Crippen molar-refractivity contribution in [1.29, 1.82) is 0 Å². The molecule has 2 aliphatic rings. The van der Waals surface area contributed by atoms with Crippen molar-refractivity contribution in [3.05, 3.63) is 87.8 Å². The third kappa shape index (κ3) is 9.21. The van der Waals surface area contributed by atoms with Crippen molar-refractivity contribution in [2.24, 2.45) is 0 Å². The highest BCUT2D eigenvalue weighted by Gasteiger charge is 2.37. The summed E-state index contributed by atoms with van der Waals surface area (Å²) in [4.78, 5) is 40.3. The monoisotopic (exact) mass is 739 g/mol. The molecule has 2 N–H and O–H groups in total. The van der Waals surface area contributed by atoms with Gasteiger partial charge in [0.1, 0.15) is 16.8 Å². The number of carbonyl (C=O) groups is 3. The van der Waals surface area contributed by atoms with Crippen molar-refractivity contribution in [3.8, 4) is 16.9 Å². The summed E-state index contributed by atoms with van der Waals surface area (Å²) in [5.74, 6) is -1.96. The molecule has 2 aliphatic heterocycles. The predicted molar refractivity (Wildman–Crippen MR) is 176 cm³/mol. The number of aromatic carboxylic acids is 1. The maximum absolute atomic E-state index is 13.6. The van der Waals surface area contributed by atoms with Gasteiger partial charge in [-0.15, -0.1) is 0 Å². The van der Waals surface area contributed by atoms with E-state index in [1.165, 1.54) is 53.4 Å². The van der Waals surface area contributed by atoms with Crippen LogP contribution in [-0.4, -0.2) is 76.6 Å². The minimum atomic E-state index is -5.05. The second-order valence-electron chi connectivity index (χ2n) is 11.1. The number of nitrogens with one attached hydrogen (secondary N) is 1. The standard InChI is InChI=1S/C33H27F6N3O6S2/c34-32(35,36)23-14-21(15-24(17-23)33(37,38)39)20-3-6-26(48-18-41-9-11-47-12-10-41)22(13-20)16-27-29(44)42(31(49)50-27)8-7-28(43)40-25-4-1-19(2-5-25)30(45)46/h1-6,13-17H,7-12,18H2,(H,40,43)(H,45,46)/b27-16-. The van der Waals surface area contributed by atoms with Crippen LogP contribution in [0.1, 0.15) is 33.5 Å². The lowest BCUT2D eigenvalue weighted by molar-refractivity contribution is -0.143. The Labute approximate surface area is 290 Å². The van der Waals surface area contributed by atoms with Crippen LogP contribution in [0.4, 0.5) is 32.0 Å². The molecule has 0 spiro atoms. The highest BCUT2D eigenvalue weighted by atomic mass is 32.2. The highest BCUT2D eigenvalue weighted by Crippen LogP contribution is 2.40. The summed E-state index contributed by atoms with van der Waals surface area (Å²) in [6, 6.07) is 10.8. The Morgan fingerprint density at radius 3 is 2.18 bits per heavy atom. The number of carbonyl (C=O) groups excluding carboxylic acids is 2. The molecule has 0 bridgehead atoms. The molecule has 2 heterocycles. The molecular weight excluding hydrogens is 712 g/mol. The molecule has 0 saturated carbocycles. The van der Waals surface area contributed by atoms with Crippen molar-refractivity contribution < 1.29 is 55.3 Å². The highest BCUT2D eigenvalue weighted by molar-refractivity contribution is 8.26. The first kappa shape index (κ1) is 36.8. The van der Waals surface area contributed by atoms with E-state index in [0.717, 1.165) is 11.8 Å². The molecule has 3 aromatic carbocycles. The van der Waals surface area contributed by atoms with Gasteiger partial charge in [0.2, 0.25) is 5.91 Å². The van der Waals surface area contributed by atoms with Crippen LogP contribution in [0.15, 0.2) is 65.6 Å². The van der Waals surface area contributed by atoms with Gasteiger partial charge in [-0.25, -0.2) is 4.79 Å². The SMILES string of the molecule is O=C(CCN1C(=O)/C(=C/c2cc(-c3cc(C(F)(F)F)cc(C(F)(F)F)c3)ccc2OCN2CCOCC2)SC1=S)Nc1ccc(C(=O)O)cc1. The Morgan fingerprint density at radius 2 is 1.58 bits per heavy atom. The van der Waals surface area contributed by atoms with Gasteiger partial charge in [0.05, 0.1) is 34.8 Å². The lowest BCUT2D eigenvalue weighted by Crippen LogP contribution is -2.38.